The first-order valence-electron chi connectivity index (χ1n) is 14.9. The standard InChI is InChI=1S/C28H50N4O11/c1-2-23(33)29-13-16-41-17-15-31-26(36)21-43-20-19-42-18-14-30-24(34)12-11-22(28(39)40)32-25(35)9-7-5-3-4-6-8-10-27(37)38/h22H,2-21H2,1H3,(H,29,33)(H,30,34)(H,31,36)(H,32,35)(H,37,38)(H,39,40)/t22-/m1/s1. The number of unbranched alkanes of at least 4 members (excludes halogenated alkanes) is 5. The molecule has 0 bridgehead atoms. The molecular formula is C28H50N4O11. The van der Waals surface area contributed by atoms with E-state index >= 15 is 0 Å². The van der Waals surface area contributed by atoms with E-state index in [1.165, 1.54) is 0 Å². The van der Waals surface area contributed by atoms with Crippen molar-refractivity contribution in [3.63, 3.8) is 0 Å². The fourth-order valence-electron chi connectivity index (χ4n) is 3.61. The number of aliphatic carboxylic acids is 2. The van der Waals surface area contributed by atoms with Crippen molar-refractivity contribution in [2.45, 2.75) is 83.6 Å². The second-order valence-electron chi connectivity index (χ2n) is 9.69. The zero-order valence-electron chi connectivity index (χ0n) is 25.3. The van der Waals surface area contributed by atoms with Crippen molar-refractivity contribution in [1.82, 2.24) is 21.3 Å². The Balaban J connectivity index is 3.73. The summed E-state index contributed by atoms with van der Waals surface area (Å²) in [6, 6.07) is -1.16. The highest BCUT2D eigenvalue weighted by Gasteiger charge is 2.20. The summed E-state index contributed by atoms with van der Waals surface area (Å²) in [5.41, 5.74) is 0. The fraction of sp³-hybridized carbons (Fsp3) is 0.786. The third-order valence-corrected chi connectivity index (χ3v) is 5.97. The molecule has 0 unspecified atom stereocenters. The first-order chi connectivity index (χ1) is 20.6. The smallest absolute Gasteiger partial charge is 0.326 e. The maximum atomic E-state index is 12.1. The van der Waals surface area contributed by atoms with Crippen molar-refractivity contribution in [3.05, 3.63) is 0 Å². The number of rotatable bonds is 29. The summed E-state index contributed by atoms with van der Waals surface area (Å²) in [4.78, 5) is 68.8. The molecule has 0 radical (unpaired) electrons. The van der Waals surface area contributed by atoms with Crippen molar-refractivity contribution < 1.29 is 53.2 Å². The summed E-state index contributed by atoms with van der Waals surface area (Å²) in [6.45, 7) is 3.85. The Hall–Kier alpha value is -3.30. The van der Waals surface area contributed by atoms with Crippen LogP contribution in [-0.2, 0) is 43.0 Å². The minimum atomic E-state index is -1.21. The first kappa shape index (κ1) is 39.7. The van der Waals surface area contributed by atoms with Crippen LogP contribution in [0.15, 0.2) is 0 Å². The minimum absolute atomic E-state index is 0.0447. The van der Waals surface area contributed by atoms with E-state index in [1.807, 2.05) is 0 Å². The highest BCUT2D eigenvalue weighted by atomic mass is 16.5. The van der Waals surface area contributed by atoms with E-state index in [9.17, 15) is 33.9 Å². The highest BCUT2D eigenvalue weighted by molar-refractivity contribution is 5.84. The summed E-state index contributed by atoms with van der Waals surface area (Å²) in [5, 5.41) is 28.4. The second kappa shape index (κ2) is 27.5. The Bertz CT molecular complexity index is 827. The lowest BCUT2D eigenvalue weighted by molar-refractivity contribution is -0.142. The van der Waals surface area contributed by atoms with Gasteiger partial charge in [-0.05, 0) is 19.3 Å². The maximum Gasteiger partial charge on any atom is 0.326 e. The molecule has 0 aliphatic carbocycles. The first-order valence-corrected chi connectivity index (χ1v) is 14.9. The second-order valence-corrected chi connectivity index (χ2v) is 9.69. The lowest BCUT2D eigenvalue weighted by Crippen LogP contribution is -2.41. The van der Waals surface area contributed by atoms with Gasteiger partial charge in [-0.15, -0.1) is 0 Å². The van der Waals surface area contributed by atoms with Gasteiger partial charge in [0.2, 0.25) is 23.6 Å². The number of carboxylic acid groups (broad SMARTS) is 2. The van der Waals surface area contributed by atoms with Crippen LogP contribution in [0.5, 0.6) is 0 Å². The van der Waals surface area contributed by atoms with Gasteiger partial charge in [0.25, 0.3) is 0 Å². The molecule has 0 aliphatic rings. The predicted octanol–water partition coefficient (Wildman–Crippen LogP) is 0.350. The molecular weight excluding hydrogens is 568 g/mol. The van der Waals surface area contributed by atoms with Gasteiger partial charge < -0.3 is 45.7 Å². The van der Waals surface area contributed by atoms with E-state index in [0.717, 1.165) is 25.7 Å². The Morgan fingerprint density at radius 3 is 1.67 bits per heavy atom. The predicted molar refractivity (Wildman–Crippen MR) is 155 cm³/mol. The normalized spacial score (nSPS) is 11.4. The summed E-state index contributed by atoms with van der Waals surface area (Å²) >= 11 is 0. The molecule has 6 N–H and O–H groups in total. The molecule has 1 atom stereocenters. The van der Waals surface area contributed by atoms with Crippen molar-refractivity contribution >= 4 is 35.6 Å². The molecule has 0 aromatic rings. The molecule has 15 nitrogen and oxygen atoms in total. The average molecular weight is 619 g/mol. The van der Waals surface area contributed by atoms with E-state index in [1.54, 1.807) is 6.92 Å². The molecule has 43 heavy (non-hydrogen) atoms. The Kier molecular flexibility index (Phi) is 25.4. The summed E-state index contributed by atoms with van der Waals surface area (Å²) < 4.78 is 15.8. The number of hydrogen-bond donors (Lipinski definition) is 6. The van der Waals surface area contributed by atoms with Gasteiger partial charge in [-0.25, -0.2) is 4.79 Å². The summed E-state index contributed by atoms with van der Waals surface area (Å²) in [5.74, 6) is -3.11. The van der Waals surface area contributed by atoms with Crippen LogP contribution in [0, 0.1) is 0 Å². The van der Waals surface area contributed by atoms with Crippen LogP contribution < -0.4 is 21.3 Å². The largest absolute Gasteiger partial charge is 0.481 e. The van der Waals surface area contributed by atoms with Crippen molar-refractivity contribution in [1.29, 1.82) is 0 Å². The molecule has 0 aromatic carbocycles. The van der Waals surface area contributed by atoms with Crippen LogP contribution in [0.2, 0.25) is 0 Å². The van der Waals surface area contributed by atoms with Crippen LogP contribution >= 0.6 is 0 Å². The number of amides is 4. The van der Waals surface area contributed by atoms with Gasteiger partial charge in [-0.2, -0.15) is 0 Å². The quantitative estimate of drug-likeness (QED) is 0.0628. The number of nitrogens with one attached hydrogen (secondary N) is 4. The molecule has 0 saturated carbocycles. The van der Waals surface area contributed by atoms with Gasteiger partial charge in [0, 0.05) is 45.3 Å². The van der Waals surface area contributed by atoms with Gasteiger partial charge in [-0.1, -0.05) is 32.6 Å². The van der Waals surface area contributed by atoms with Crippen molar-refractivity contribution in [3.8, 4) is 0 Å². The SMILES string of the molecule is CCC(=O)NCCOCCNC(=O)COCCOCCNC(=O)CC[C@@H](NC(=O)CCCCCCCCC(=O)O)C(=O)O. The molecule has 0 saturated heterocycles. The lowest BCUT2D eigenvalue weighted by atomic mass is 10.1. The van der Waals surface area contributed by atoms with Crippen LogP contribution in [-0.4, -0.2) is 111 Å². The van der Waals surface area contributed by atoms with E-state index in [0.29, 0.717) is 45.6 Å². The van der Waals surface area contributed by atoms with Crippen LogP contribution in [0.25, 0.3) is 0 Å². The van der Waals surface area contributed by atoms with E-state index < -0.39 is 18.0 Å². The number of ether oxygens (including phenoxy) is 3. The number of carbonyl (C=O) groups excluding carboxylic acids is 4. The Morgan fingerprint density at radius 2 is 1.09 bits per heavy atom. The van der Waals surface area contributed by atoms with Crippen molar-refractivity contribution in [2.75, 3.05) is 59.3 Å². The lowest BCUT2D eigenvalue weighted by Gasteiger charge is -2.14. The molecule has 0 spiro atoms. The van der Waals surface area contributed by atoms with Gasteiger partial charge in [0.1, 0.15) is 12.6 Å². The molecule has 0 aliphatic heterocycles. The van der Waals surface area contributed by atoms with Gasteiger partial charge in [0.15, 0.2) is 0 Å². The topological polar surface area (TPSA) is 219 Å². The third-order valence-electron chi connectivity index (χ3n) is 5.97. The Labute approximate surface area is 253 Å². The summed E-state index contributed by atoms with van der Waals surface area (Å²) in [7, 11) is 0. The monoisotopic (exact) mass is 618 g/mol. The summed E-state index contributed by atoms with van der Waals surface area (Å²) in [6.07, 6.45) is 5.27. The number of carboxylic acids is 2. The molecule has 248 valence electrons. The van der Waals surface area contributed by atoms with Crippen molar-refractivity contribution in [2.24, 2.45) is 0 Å². The van der Waals surface area contributed by atoms with Gasteiger partial charge in [-0.3, -0.25) is 24.0 Å². The fourth-order valence-corrected chi connectivity index (χ4v) is 3.61. The zero-order valence-corrected chi connectivity index (χ0v) is 25.3. The Morgan fingerprint density at radius 1 is 0.581 bits per heavy atom. The molecule has 4 amide bonds. The van der Waals surface area contributed by atoms with Crippen LogP contribution in [0.4, 0.5) is 0 Å². The molecule has 0 heterocycles. The molecule has 0 fully saturated rings. The van der Waals surface area contributed by atoms with E-state index in [4.69, 9.17) is 19.3 Å². The van der Waals surface area contributed by atoms with E-state index in [-0.39, 0.29) is 82.3 Å². The highest BCUT2D eigenvalue weighted by Crippen LogP contribution is 2.09. The average Bonchev–Trinajstić information content (AvgIpc) is 2.96. The number of carbonyl (C=O) groups is 6. The molecule has 0 aromatic heterocycles. The van der Waals surface area contributed by atoms with Crippen LogP contribution in [0.1, 0.15) is 77.6 Å². The third kappa shape index (κ3) is 27.3. The minimum Gasteiger partial charge on any atom is -0.481 e. The maximum absolute atomic E-state index is 12.1. The van der Waals surface area contributed by atoms with Crippen LogP contribution in [0.3, 0.4) is 0 Å². The van der Waals surface area contributed by atoms with E-state index in [2.05, 4.69) is 21.3 Å². The van der Waals surface area contributed by atoms with Gasteiger partial charge >= 0.3 is 11.9 Å². The molecule has 15 heteroatoms. The van der Waals surface area contributed by atoms with Gasteiger partial charge in [0.05, 0.1) is 33.0 Å². The molecule has 0 rings (SSSR count). The zero-order chi connectivity index (χ0) is 32.1. The number of hydrogen-bond acceptors (Lipinski definition) is 9.